The summed E-state index contributed by atoms with van der Waals surface area (Å²) in [6.07, 6.45) is -3.29. The van der Waals surface area contributed by atoms with Crippen LogP contribution in [0.5, 0.6) is 0 Å². The van der Waals surface area contributed by atoms with E-state index in [0.717, 1.165) is 12.1 Å². The van der Waals surface area contributed by atoms with Crippen molar-refractivity contribution in [1.82, 2.24) is 20.7 Å². The summed E-state index contributed by atoms with van der Waals surface area (Å²) in [5.41, 5.74) is -0.491. The first kappa shape index (κ1) is 13.5. The van der Waals surface area contributed by atoms with Gasteiger partial charge in [-0.15, -0.1) is 0 Å². The van der Waals surface area contributed by atoms with Crippen molar-refractivity contribution < 1.29 is 17.6 Å². The van der Waals surface area contributed by atoms with Crippen molar-refractivity contribution in [3.63, 3.8) is 0 Å². The Bertz CT molecular complexity index is 550. The molecule has 1 atom stereocenters. The average molecular weight is 274 g/mol. The van der Waals surface area contributed by atoms with Crippen LogP contribution in [0.4, 0.5) is 17.6 Å². The molecule has 0 saturated heterocycles. The number of rotatable bonds is 3. The summed E-state index contributed by atoms with van der Waals surface area (Å²) in [7, 11) is 1.59. The van der Waals surface area contributed by atoms with Gasteiger partial charge in [-0.05, 0) is 24.7 Å². The number of nitrogens with zero attached hydrogens (tertiary/aromatic N) is 2. The van der Waals surface area contributed by atoms with Crippen molar-refractivity contribution in [3.8, 4) is 0 Å². The van der Waals surface area contributed by atoms with Crippen molar-refractivity contribution in [3.05, 3.63) is 47.0 Å². The first-order valence-corrected chi connectivity index (χ1v) is 5.33. The second-order valence-electron chi connectivity index (χ2n) is 3.85. The van der Waals surface area contributed by atoms with Crippen molar-refractivity contribution in [2.45, 2.75) is 12.2 Å². The molecule has 0 radical (unpaired) electrons. The largest absolute Gasteiger partial charge is 0.419 e. The van der Waals surface area contributed by atoms with E-state index >= 15 is 0 Å². The highest BCUT2D eigenvalue weighted by Gasteiger charge is 2.34. The fourth-order valence-corrected chi connectivity index (χ4v) is 1.78. The van der Waals surface area contributed by atoms with E-state index in [4.69, 9.17) is 0 Å². The Hall–Kier alpha value is -1.96. The van der Waals surface area contributed by atoms with Gasteiger partial charge in [-0.2, -0.15) is 28.6 Å². The number of aromatic amines is 1. The second-order valence-corrected chi connectivity index (χ2v) is 3.85. The third kappa shape index (κ3) is 2.73. The maximum absolute atomic E-state index is 13.5. The molecule has 19 heavy (non-hydrogen) atoms. The highest BCUT2D eigenvalue weighted by Crippen LogP contribution is 2.33. The molecule has 1 aromatic carbocycles. The number of H-pyrrole nitrogens is 1. The lowest BCUT2D eigenvalue weighted by Crippen LogP contribution is -2.19. The fraction of sp³-hybridized carbons (Fsp3) is 0.273. The molecule has 0 spiro atoms. The van der Waals surface area contributed by atoms with Crippen molar-refractivity contribution in [1.29, 1.82) is 0 Å². The molecular formula is C11H10F4N4. The van der Waals surface area contributed by atoms with E-state index in [0.29, 0.717) is 11.3 Å². The lowest BCUT2D eigenvalue weighted by Gasteiger charge is -2.15. The van der Waals surface area contributed by atoms with Crippen LogP contribution in [0.1, 0.15) is 22.9 Å². The topological polar surface area (TPSA) is 53.6 Å². The third-order valence-corrected chi connectivity index (χ3v) is 2.65. The summed E-state index contributed by atoms with van der Waals surface area (Å²) in [6.45, 7) is 0. The minimum Gasteiger partial charge on any atom is -0.308 e. The minimum atomic E-state index is -4.70. The standard InChI is InChI=1S/C11H10F4N4/c1-16-10(9-5-17-19-18-9)6-2-3-7(8(12)4-6)11(13,14)15/h2-5,10,16H,1H3,(H,17,18,19). The van der Waals surface area contributed by atoms with Gasteiger partial charge in [-0.1, -0.05) is 6.07 Å². The van der Waals surface area contributed by atoms with E-state index in [9.17, 15) is 17.6 Å². The van der Waals surface area contributed by atoms with Gasteiger partial charge in [-0.25, -0.2) is 4.39 Å². The predicted molar refractivity (Wildman–Crippen MR) is 58.7 cm³/mol. The summed E-state index contributed by atoms with van der Waals surface area (Å²) in [5, 5.41) is 12.7. The van der Waals surface area contributed by atoms with E-state index < -0.39 is 23.6 Å². The Morgan fingerprint density at radius 2 is 2.05 bits per heavy atom. The van der Waals surface area contributed by atoms with Gasteiger partial charge in [-0.3, -0.25) is 0 Å². The van der Waals surface area contributed by atoms with E-state index in [1.54, 1.807) is 7.05 Å². The SMILES string of the molecule is CNC(c1ccc(C(F)(F)F)c(F)c1)c1cn[nH]n1. The maximum Gasteiger partial charge on any atom is 0.419 e. The molecule has 2 rings (SSSR count). The molecule has 0 amide bonds. The number of halogens is 4. The van der Waals surface area contributed by atoms with E-state index in [-0.39, 0.29) is 0 Å². The van der Waals surface area contributed by atoms with Gasteiger partial charge in [0.05, 0.1) is 17.8 Å². The van der Waals surface area contributed by atoms with Gasteiger partial charge in [0.15, 0.2) is 0 Å². The van der Waals surface area contributed by atoms with E-state index in [2.05, 4.69) is 20.7 Å². The average Bonchev–Trinajstić information content (AvgIpc) is 2.82. The molecule has 2 aromatic rings. The van der Waals surface area contributed by atoms with E-state index in [1.165, 1.54) is 12.3 Å². The Morgan fingerprint density at radius 3 is 2.53 bits per heavy atom. The number of aromatic nitrogens is 3. The minimum absolute atomic E-state index is 0.335. The number of nitrogens with one attached hydrogen (secondary N) is 2. The van der Waals surface area contributed by atoms with Gasteiger partial charge >= 0.3 is 6.18 Å². The first-order valence-electron chi connectivity index (χ1n) is 5.33. The summed E-state index contributed by atoms with van der Waals surface area (Å²) in [6, 6.07) is 2.24. The highest BCUT2D eigenvalue weighted by atomic mass is 19.4. The molecule has 1 unspecified atom stereocenters. The van der Waals surface area contributed by atoms with Crippen LogP contribution in [0.3, 0.4) is 0 Å². The fourth-order valence-electron chi connectivity index (χ4n) is 1.78. The maximum atomic E-state index is 13.5. The van der Waals surface area contributed by atoms with Crippen LogP contribution in [0.2, 0.25) is 0 Å². The smallest absolute Gasteiger partial charge is 0.308 e. The van der Waals surface area contributed by atoms with Crippen LogP contribution in [0.25, 0.3) is 0 Å². The van der Waals surface area contributed by atoms with Gasteiger partial charge < -0.3 is 5.32 Å². The van der Waals surface area contributed by atoms with Crippen LogP contribution in [0, 0.1) is 5.82 Å². The molecule has 0 fully saturated rings. The molecule has 0 aliphatic rings. The number of hydrogen-bond acceptors (Lipinski definition) is 3. The molecular weight excluding hydrogens is 264 g/mol. The van der Waals surface area contributed by atoms with E-state index in [1.807, 2.05) is 0 Å². The molecule has 0 aliphatic heterocycles. The summed E-state index contributed by atoms with van der Waals surface area (Å²) in [5.74, 6) is -1.31. The normalized spacial score (nSPS) is 13.5. The molecule has 1 aromatic heterocycles. The zero-order valence-corrected chi connectivity index (χ0v) is 9.79. The van der Waals surface area contributed by atoms with Crippen LogP contribution in [-0.2, 0) is 6.18 Å². The zero-order valence-electron chi connectivity index (χ0n) is 9.79. The molecule has 1 heterocycles. The lowest BCUT2D eigenvalue weighted by molar-refractivity contribution is -0.140. The quantitative estimate of drug-likeness (QED) is 0.844. The molecule has 0 bridgehead atoms. The summed E-state index contributed by atoms with van der Waals surface area (Å²) >= 11 is 0. The first-order chi connectivity index (χ1) is 8.93. The van der Waals surface area contributed by atoms with Crippen molar-refractivity contribution in [2.75, 3.05) is 7.05 Å². The Morgan fingerprint density at radius 1 is 1.32 bits per heavy atom. The highest BCUT2D eigenvalue weighted by molar-refractivity contribution is 5.32. The van der Waals surface area contributed by atoms with Crippen molar-refractivity contribution >= 4 is 0 Å². The van der Waals surface area contributed by atoms with Gasteiger partial charge in [0.25, 0.3) is 0 Å². The second kappa shape index (κ2) is 4.96. The van der Waals surface area contributed by atoms with Crippen LogP contribution >= 0.6 is 0 Å². The van der Waals surface area contributed by atoms with Gasteiger partial charge in [0.2, 0.25) is 0 Å². The number of alkyl halides is 3. The molecule has 2 N–H and O–H groups in total. The van der Waals surface area contributed by atoms with Crippen molar-refractivity contribution in [2.24, 2.45) is 0 Å². The molecule has 4 nitrogen and oxygen atoms in total. The number of hydrogen-bond donors (Lipinski definition) is 2. The third-order valence-electron chi connectivity index (χ3n) is 2.65. The monoisotopic (exact) mass is 274 g/mol. The predicted octanol–water partition coefficient (Wildman–Crippen LogP) is 2.27. The summed E-state index contributed by atoms with van der Waals surface area (Å²) < 4.78 is 50.9. The zero-order chi connectivity index (χ0) is 14.0. The van der Waals surface area contributed by atoms with Crippen LogP contribution in [0.15, 0.2) is 24.4 Å². The summed E-state index contributed by atoms with van der Waals surface area (Å²) in [4.78, 5) is 0. The number of benzene rings is 1. The van der Waals surface area contributed by atoms with Crippen LogP contribution in [-0.4, -0.2) is 22.5 Å². The molecule has 102 valence electrons. The molecule has 0 saturated carbocycles. The Balaban J connectivity index is 2.39. The van der Waals surface area contributed by atoms with Gasteiger partial charge in [0.1, 0.15) is 11.5 Å². The van der Waals surface area contributed by atoms with Crippen LogP contribution < -0.4 is 5.32 Å². The van der Waals surface area contributed by atoms with Gasteiger partial charge in [0, 0.05) is 0 Å². The Kier molecular flexibility index (Phi) is 3.52. The lowest BCUT2D eigenvalue weighted by atomic mass is 10.0. The Labute approximate surface area is 105 Å². The molecule has 0 aliphatic carbocycles. The molecule has 8 heteroatoms.